The molecule has 0 unspecified atom stereocenters. The average Bonchev–Trinajstić information content (AvgIpc) is 2.41. The van der Waals surface area contributed by atoms with E-state index < -0.39 is 31.3 Å². The van der Waals surface area contributed by atoms with Gasteiger partial charge in [-0.25, -0.2) is 8.78 Å². The van der Waals surface area contributed by atoms with E-state index in [2.05, 4.69) is 4.74 Å². The summed E-state index contributed by atoms with van der Waals surface area (Å²) in [6.45, 7) is 1.34. The number of methoxy groups -OCH3 is 1. The summed E-state index contributed by atoms with van der Waals surface area (Å²) >= 11 is 0. The number of aryl methyl sites for hydroxylation is 1. The Balaban J connectivity index is 2.76. The normalized spacial score (nSPS) is 11.8. The van der Waals surface area contributed by atoms with Gasteiger partial charge in [-0.3, -0.25) is 4.79 Å². The largest absolute Gasteiger partial charge is 0.496 e. The molecule has 0 aliphatic rings. The molecule has 0 bridgehead atoms. The molecule has 0 saturated carbocycles. The third-order valence-electron chi connectivity index (χ3n) is 3.03. The van der Waals surface area contributed by atoms with Gasteiger partial charge in [0.2, 0.25) is 0 Å². The Labute approximate surface area is 119 Å². The summed E-state index contributed by atoms with van der Waals surface area (Å²) in [5.74, 6) is -4.56. The van der Waals surface area contributed by atoms with Gasteiger partial charge in [-0.2, -0.15) is 8.78 Å². The average molecular weight is 308 g/mol. The first-order chi connectivity index (χ1) is 9.70. The van der Waals surface area contributed by atoms with Gasteiger partial charge in [-0.15, -0.1) is 0 Å². The van der Waals surface area contributed by atoms with Gasteiger partial charge in [-0.05, 0) is 31.0 Å². The van der Waals surface area contributed by atoms with Crippen LogP contribution in [-0.4, -0.2) is 38.5 Å². The van der Waals surface area contributed by atoms with Gasteiger partial charge in [0, 0.05) is 0 Å². The molecule has 1 rings (SSSR count). The third-order valence-corrected chi connectivity index (χ3v) is 3.03. The summed E-state index contributed by atoms with van der Waals surface area (Å²) in [6, 6.07) is 3.16. The molecule has 0 amide bonds. The lowest BCUT2D eigenvalue weighted by atomic mass is 10.0. The SMILES string of the molecule is COc1c(C(=O)COCC(F)(F)C(F)F)ccc(C)c1C. The molecule has 0 atom stereocenters. The summed E-state index contributed by atoms with van der Waals surface area (Å²) in [5.41, 5.74) is 1.80. The molecule has 0 aliphatic carbocycles. The fourth-order valence-electron chi connectivity index (χ4n) is 1.69. The molecule has 1 aromatic carbocycles. The molecule has 0 N–H and O–H groups in total. The third kappa shape index (κ3) is 4.17. The van der Waals surface area contributed by atoms with E-state index in [4.69, 9.17) is 4.74 Å². The van der Waals surface area contributed by atoms with Gasteiger partial charge < -0.3 is 9.47 Å². The molecule has 0 aliphatic heterocycles. The lowest BCUT2D eigenvalue weighted by Crippen LogP contribution is -2.33. The number of halogens is 4. The smallest absolute Gasteiger partial charge is 0.330 e. The van der Waals surface area contributed by atoms with Gasteiger partial charge in [0.05, 0.1) is 12.7 Å². The number of hydrogen-bond acceptors (Lipinski definition) is 3. The summed E-state index contributed by atoms with van der Waals surface area (Å²) < 4.78 is 58.7. The van der Waals surface area contributed by atoms with Crippen molar-refractivity contribution in [1.82, 2.24) is 0 Å². The number of benzene rings is 1. The van der Waals surface area contributed by atoms with Gasteiger partial charge in [0.1, 0.15) is 19.0 Å². The molecule has 0 saturated heterocycles. The number of hydrogen-bond donors (Lipinski definition) is 0. The van der Waals surface area contributed by atoms with Crippen molar-refractivity contribution in [3.05, 3.63) is 28.8 Å². The van der Waals surface area contributed by atoms with Crippen LogP contribution in [0, 0.1) is 13.8 Å². The van der Waals surface area contributed by atoms with Crippen LogP contribution in [0.4, 0.5) is 17.6 Å². The number of carbonyl (C=O) groups is 1. The fourth-order valence-corrected chi connectivity index (χ4v) is 1.69. The standard InChI is InChI=1S/C14H16F4O3/c1-8-4-5-10(12(20-3)9(8)2)11(19)6-21-7-14(17,18)13(15)16/h4-5,13H,6-7H2,1-3H3. The fraction of sp³-hybridized carbons (Fsp3) is 0.500. The topological polar surface area (TPSA) is 35.5 Å². The first-order valence-corrected chi connectivity index (χ1v) is 6.11. The zero-order chi connectivity index (χ0) is 16.2. The Hall–Kier alpha value is -1.63. The Kier molecular flexibility index (Phi) is 5.71. The second-order valence-electron chi connectivity index (χ2n) is 4.57. The highest BCUT2D eigenvalue weighted by Gasteiger charge is 2.41. The maximum atomic E-state index is 12.7. The van der Waals surface area contributed by atoms with E-state index in [1.807, 2.05) is 6.92 Å². The van der Waals surface area contributed by atoms with E-state index in [1.54, 1.807) is 13.0 Å². The molecule has 3 nitrogen and oxygen atoms in total. The minimum atomic E-state index is -4.27. The second-order valence-corrected chi connectivity index (χ2v) is 4.57. The molecule has 0 aromatic heterocycles. The summed E-state index contributed by atoms with van der Waals surface area (Å²) in [5, 5.41) is 0. The van der Waals surface area contributed by atoms with Crippen LogP contribution in [0.15, 0.2) is 12.1 Å². The van der Waals surface area contributed by atoms with Crippen LogP contribution in [-0.2, 0) is 4.74 Å². The van der Waals surface area contributed by atoms with Crippen molar-refractivity contribution in [2.45, 2.75) is 26.2 Å². The molecule has 0 fully saturated rings. The molecule has 0 spiro atoms. The van der Waals surface area contributed by atoms with Crippen molar-refractivity contribution in [2.24, 2.45) is 0 Å². The Morgan fingerprint density at radius 1 is 1.29 bits per heavy atom. The van der Waals surface area contributed by atoms with Crippen molar-refractivity contribution in [3.8, 4) is 5.75 Å². The molecular weight excluding hydrogens is 292 g/mol. The highest BCUT2D eigenvalue weighted by molar-refractivity contribution is 6.00. The highest BCUT2D eigenvalue weighted by atomic mass is 19.3. The van der Waals surface area contributed by atoms with Crippen LogP contribution in [0.25, 0.3) is 0 Å². The van der Waals surface area contributed by atoms with Crippen LogP contribution in [0.5, 0.6) is 5.75 Å². The van der Waals surface area contributed by atoms with E-state index in [1.165, 1.54) is 13.2 Å². The number of rotatable bonds is 7. The van der Waals surface area contributed by atoms with E-state index >= 15 is 0 Å². The lowest BCUT2D eigenvalue weighted by molar-refractivity contribution is -0.163. The minimum Gasteiger partial charge on any atom is -0.496 e. The maximum absolute atomic E-state index is 12.7. The van der Waals surface area contributed by atoms with Gasteiger partial charge in [0.25, 0.3) is 0 Å². The van der Waals surface area contributed by atoms with Crippen LogP contribution in [0.3, 0.4) is 0 Å². The zero-order valence-electron chi connectivity index (χ0n) is 11.9. The molecule has 0 heterocycles. The van der Waals surface area contributed by atoms with Gasteiger partial charge >= 0.3 is 12.3 Å². The van der Waals surface area contributed by atoms with Crippen molar-refractivity contribution in [2.75, 3.05) is 20.3 Å². The number of Topliss-reactive ketones (excluding diaryl/α,β-unsaturated/α-hetero) is 1. The predicted octanol–water partition coefficient (Wildman–Crippen LogP) is 3.41. The molecule has 21 heavy (non-hydrogen) atoms. The monoisotopic (exact) mass is 308 g/mol. The van der Waals surface area contributed by atoms with Gasteiger partial charge in [0.15, 0.2) is 5.78 Å². The molecule has 7 heteroatoms. The van der Waals surface area contributed by atoms with E-state index in [-0.39, 0.29) is 5.56 Å². The summed E-state index contributed by atoms with van der Waals surface area (Å²) in [7, 11) is 1.38. The highest BCUT2D eigenvalue weighted by Crippen LogP contribution is 2.27. The Morgan fingerprint density at radius 2 is 1.90 bits per heavy atom. The van der Waals surface area contributed by atoms with E-state index in [0.29, 0.717) is 5.75 Å². The number of ketones is 1. The molecule has 1 aromatic rings. The van der Waals surface area contributed by atoms with E-state index in [9.17, 15) is 22.4 Å². The van der Waals surface area contributed by atoms with Gasteiger partial charge in [-0.1, -0.05) is 6.07 Å². The van der Waals surface area contributed by atoms with Crippen LogP contribution in [0.1, 0.15) is 21.5 Å². The van der Waals surface area contributed by atoms with Crippen molar-refractivity contribution in [3.63, 3.8) is 0 Å². The lowest BCUT2D eigenvalue weighted by Gasteiger charge is -2.16. The number of ether oxygens (including phenoxy) is 2. The summed E-state index contributed by atoms with van der Waals surface area (Å²) in [4.78, 5) is 11.9. The minimum absolute atomic E-state index is 0.168. The van der Waals surface area contributed by atoms with Crippen molar-refractivity contribution < 1.29 is 31.8 Å². The van der Waals surface area contributed by atoms with Crippen LogP contribution in [0.2, 0.25) is 0 Å². The second kappa shape index (κ2) is 6.89. The predicted molar refractivity (Wildman–Crippen MR) is 68.6 cm³/mol. The maximum Gasteiger partial charge on any atom is 0.330 e. The first-order valence-electron chi connectivity index (χ1n) is 6.11. The summed E-state index contributed by atoms with van der Waals surface area (Å²) in [6.07, 6.45) is -3.83. The van der Waals surface area contributed by atoms with Crippen LogP contribution < -0.4 is 4.74 Å². The molecule has 0 radical (unpaired) electrons. The number of alkyl halides is 4. The van der Waals surface area contributed by atoms with E-state index in [0.717, 1.165) is 11.1 Å². The zero-order valence-corrected chi connectivity index (χ0v) is 11.9. The quantitative estimate of drug-likeness (QED) is 0.572. The van der Waals surface area contributed by atoms with Crippen molar-refractivity contribution in [1.29, 1.82) is 0 Å². The number of carbonyl (C=O) groups excluding carboxylic acids is 1. The Morgan fingerprint density at radius 3 is 2.43 bits per heavy atom. The van der Waals surface area contributed by atoms with Crippen LogP contribution >= 0.6 is 0 Å². The molecule has 118 valence electrons. The van der Waals surface area contributed by atoms with Crippen molar-refractivity contribution >= 4 is 5.78 Å². The first kappa shape index (κ1) is 17.4. The molecular formula is C14H16F4O3. The Bertz CT molecular complexity index is 515.